The summed E-state index contributed by atoms with van der Waals surface area (Å²) in [6.45, 7) is 3.61. The van der Waals surface area contributed by atoms with Crippen LogP contribution in [0.1, 0.15) is 36.7 Å². The molecule has 0 aliphatic carbocycles. The van der Waals surface area contributed by atoms with Crippen LogP contribution >= 0.6 is 15.9 Å². The molecule has 0 saturated carbocycles. The fourth-order valence-corrected chi connectivity index (χ4v) is 3.13. The second-order valence-corrected chi connectivity index (χ2v) is 6.51. The molecule has 136 valence electrons. The third kappa shape index (κ3) is 2.74. The maximum Gasteiger partial charge on any atom is 0.283 e. The molecule has 0 saturated heterocycles. The second kappa shape index (κ2) is 6.35. The Morgan fingerprint density at radius 3 is 2.69 bits per heavy atom. The van der Waals surface area contributed by atoms with E-state index >= 15 is 0 Å². The smallest absolute Gasteiger partial charge is 0.283 e. The summed E-state index contributed by atoms with van der Waals surface area (Å²) in [5.41, 5.74) is 0.910. The van der Waals surface area contributed by atoms with Gasteiger partial charge in [0.25, 0.3) is 6.43 Å². The van der Waals surface area contributed by atoms with E-state index in [0.29, 0.717) is 28.6 Å². The summed E-state index contributed by atoms with van der Waals surface area (Å²) < 4.78 is 44.1. The summed E-state index contributed by atoms with van der Waals surface area (Å²) in [4.78, 5) is 0. The molecule has 1 aliphatic heterocycles. The Morgan fingerprint density at radius 1 is 1.19 bits per heavy atom. The molecular weight excluding hydrogens is 414 g/mol. The SMILES string of the molecule is Cc1c(Br)c(C(F)F)nn1[C@@H](C)c1nnc(-c2ccc3c(c2)OCO3)o1. The van der Waals surface area contributed by atoms with Gasteiger partial charge in [-0.25, -0.2) is 8.78 Å². The summed E-state index contributed by atoms with van der Waals surface area (Å²) in [5, 5.41) is 12.0. The van der Waals surface area contributed by atoms with Crippen molar-refractivity contribution in [3.05, 3.63) is 40.0 Å². The highest BCUT2D eigenvalue weighted by Gasteiger charge is 2.26. The zero-order valence-corrected chi connectivity index (χ0v) is 15.3. The average molecular weight is 427 g/mol. The van der Waals surface area contributed by atoms with Crippen LogP contribution in [-0.2, 0) is 0 Å². The molecule has 0 bridgehead atoms. The second-order valence-electron chi connectivity index (χ2n) is 5.72. The third-order valence-electron chi connectivity index (χ3n) is 4.09. The first-order chi connectivity index (χ1) is 12.5. The molecule has 7 nitrogen and oxygen atoms in total. The molecule has 4 rings (SSSR count). The van der Waals surface area contributed by atoms with Gasteiger partial charge in [-0.3, -0.25) is 4.68 Å². The van der Waals surface area contributed by atoms with Crippen LogP contribution in [-0.4, -0.2) is 26.8 Å². The van der Waals surface area contributed by atoms with E-state index in [-0.39, 0.29) is 22.9 Å². The van der Waals surface area contributed by atoms with Gasteiger partial charge in [0, 0.05) is 5.56 Å². The Hall–Kier alpha value is -2.49. The molecule has 26 heavy (non-hydrogen) atoms. The molecule has 1 aromatic carbocycles. The Kier molecular flexibility index (Phi) is 4.14. The summed E-state index contributed by atoms with van der Waals surface area (Å²) in [7, 11) is 0. The topological polar surface area (TPSA) is 75.2 Å². The minimum absolute atomic E-state index is 0.171. The van der Waals surface area contributed by atoms with E-state index in [1.807, 2.05) is 0 Å². The standard InChI is InChI=1S/C16H13BrF2N4O3/c1-7-12(17)13(14(18)19)22-23(7)8(2)15-20-21-16(26-15)9-3-4-10-11(5-9)25-6-24-10/h3-5,8,14H,6H2,1-2H3/t8-/m0/s1. The maximum absolute atomic E-state index is 13.0. The molecule has 0 amide bonds. The van der Waals surface area contributed by atoms with Crippen LogP contribution in [0, 0.1) is 6.92 Å². The highest BCUT2D eigenvalue weighted by molar-refractivity contribution is 9.10. The summed E-state index contributed by atoms with van der Waals surface area (Å²) in [5.74, 6) is 1.81. The predicted molar refractivity (Wildman–Crippen MR) is 89.3 cm³/mol. The van der Waals surface area contributed by atoms with Gasteiger partial charge in [0.2, 0.25) is 18.6 Å². The van der Waals surface area contributed by atoms with Crippen LogP contribution in [0.2, 0.25) is 0 Å². The van der Waals surface area contributed by atoms with E-state index in [1.54, 1.807) is 32.0 Å². The van der Waals surface area contributed by atoms with E-state index in [4.69, 9.17) is 13.9 Å². The fraction of sp³-hybridized carbons (Fsp3) is 0.312. The number of ether oxygens (including phenoxy) is 2. The number of alkyl halides is 2. The van der Waals surface area contributed by atoms with Gasteiger partial charge in [-0.15, -0.1) is 10.2 Å². The van der Waals surface area contributed by atoms with Crippen molar-refractivity contribution in [2.45, 2.75) is 26.3 Å². The third-order valence-corrected chi connectivity index (χ3v) is 5.07. The molecule has 3 aromatic rings. The molecule has 0 fully saturated rings. The number of halogens is 3. The molecule has 3 heterocycles. The Morgan fingerprint density at radius 2 is 1.96 bits per heavy atom. The van der Waals surface area contributed by atoms with Crippen molar-refractivity contribution >= 4 is 15.9 Å². The van der Waals surface area contributed by atoms with Crippen LogP contribution in [0.3, 0.4) is 0 Å². The maximum atomic E-state index is 13.0. The first-order valence-corrected chi connectivity index (χ1v) is 8.51. The zero-order chi connectivity index (χ0) is 18.4. The minimum atomic E-state index is -2.68. The number of aromatic nitrogens is 4. The van der Waals surface area contributed by atoms with Gasteiger partial charge in [-0.2, -0.15) is 5.10 Å². The first kappa shape index (κ1) is 17.0. The highest BCUT2D eigenvalue weighted by Crippen LogP contribution is 2.36. The number of hydrogen-bond donors (Lipinski definition) is 0. The Balaban J connectivity index is 1.65. The largest absolute Gasteiger partial charge is 0.454 e. The fourth-order valence-electron chi connectivity index (χ4n) is 2.69. The molecule has 0 unspecified atom stereocenters. The van der Waals surface area contributed by atoms with Gasteiger partial charge in [0.05, 0.1) is 10.2 Å². The number of benzene rings is 1. The minimum Gasteiger partial charge on any atom is -0.454 e. The van der Waals surface area contributed by atoms with Crippen LogP contribution in [0.25, 0.3) is 11.5 Å². The first-order valence-electron chi connectivity index (χ1n) is 7.71. The zero-order valence-electron chi connectivity index (χ0n) is 13.7. The Labute approximate surface area is 155 Å². The molecular formula is C16H13BrF2N4O3. The lowest BCUT2D eigenvalue weighted by Gasteiger charge is -2.09. The lowest BCUT2D eigenvalue weighted by Crippen LogP contribution is -2.11. The predicted octanol–water partition coefficient (Wildman–Crippen LogP) is 4.28. The summed E-state index contributed by atoms with van der Waals surface area (Å²) in [6, 6.07) is 4.78. The average Bonchev–Trinajstić information content (AvgIpc) is 3.34. The quantitative estimate of drug-likeness (QED) is 0.619. The van der Waals surface area contributed by atoms with Gasteiger partial charge >= 0.3 is 0 Å². The van der Waals surface area contributed by atoms with Crippen LogP contribution in [0.15, 0.2) is 27.1 Å². The van der Waals surface area contributed by atoms with Crippen molar-refractivity contribution in [2.24, 2.45) is 0 Å². The monoisotopic (exact) mass is 426 g/mol. The molecule has 1 aliphatic rings. The van der Waals surface area contributed by atoms with Crippen LogP contribution < -0.4 is 9.47 Å². The van der Waals surface area contributed by atoms with Crippen molar-refractivity contribution < 1.29 is 22.7 Å². The highest BCUT2D eigenvalue weighted by atomic mass is 79.9. The number of nitrogens with zero attached hydrogens (tertiary/aromatic N) is 4. The van der Waals surface area contributed by atoms with Gasteiger partial charge in [-0.05, 0) is 48.0 Å². The molecule has 0 spiro atoms. The van der Waals surface area contributed by atoms with E-state index in [1.165, 1.54) is 4.68 Å². The lowest BCUT2D eigenvalue weighted by atomic mass is 10.2. The molecule has 0 radical (unpaired) electrons. The van der Waals surface area contributed by atoms with E-state index in [9.17, 15) is 8.78 Å². The van der Waals surface area contributed by atoms with Gasteiger partial charge in [0.1, 0.15) is 11.7 Å². The number of hydrogen-bond acceptors (Lipinski definition) is 6. The molecule has 0 N–H and O–H groups in total. The van der Waals surface area contributed by atoms with Crippen molar-refractivity contribution in [1.82, 2.24) is 20.0 Å². The molecule has 10 heteroatoms. The van der Waals surface area contributed by atoms with Gasteiger partial charge < -0.3 is 13.9 Å². The summed E-state index contributed by atoms with van der Waals surface area (Å²) >= 11 is 3.16. The summed E-state index contributed by atoms with van der Waals surface area (Å²) in [6.07, 6.45) is -2.68. The van der Waals surface area contributed by atoms with E-state index in [2.05, 4.69) is 31.2 Å². The number of rotatable bonds is 4. The van der Waals surface area contributed by atoms with Crippen molar-refractivity contribution in [2.75, 3.05) is 6.79 Å². The van der Waals surface area contributed by atoms with Crippen molar-refractivity contribution in [3.8, 4) is 23.0 Å². The number of fused-ring (bicyclic) bond motifs is 1. The lowest BCUT2D eigenvalue weighted by molar-refractivity contribution is 0.144. The van der Waals surface area contributed by atoms with Gasteiger partial charge in [0.15, 0.2) is 11.5 Å². The van der Waals surface area contributed by atoms with Crippen LogP contribution in [0.4, 0.5) is 8.78 Å². The van der Waals surface area contributed by atoms with Gasteiger partial charge in [-0.1, -0.05) is 0 Å². The van der Waals surface area contributed by atoms with Crippen molar-refractivity contribution in [1.29, 1.82) is 0 Å². The van der Waals surface area contributed by atoms with Crippen LogP contribution in [0.5, 0.6) is 11.5 Å². The van der Waals surface area contributed by atoms with E-state index in [0.717, 1.165) is 0 Å². The molecule has 1 atom stereocenters. The van der Waals surface area contributed by atoms with E-state index < -0.39 is 12.5 Å². The van der Waals surface area contributed by atoms with Crippen molar-refractivity contribution in [3.63, 3.8) is 0 Å². The Bertz CT molecular complexity index is 973. The normalized spacial score (nSPS) is 14.2. The molecule has 2 aromatic heterocycles.